The van der Waals surface area contributed by atoms with Crippen LogP contribution in [0.4, 0.5) is 0 Å². The van der Waals surface area contributed by atoms with Crippen LogP contribution < -0.4 is 10.6 Å². The van der Waals surface area contributed by atoms with Gasteiger partial charge in [0, 0.05) is 35.6 Å². The number of thiophene rings is 1. The first-order valence-corrected chi connectivity index (χ1v) is 9.78. The molecule has 0 radical (unpaired) electrons. The van der Waals surface area contributed by atoms with Gasteiger partial charge in [0.2, 0.25) is 0 Å². The van der Waals surface area contributed by atoms with Crippen LogP contribution in [0.3, 0.4) is 0 Å². The summed E-state index contributed by atoms with van der Waals surface area (Å²) in [6.45, 7) is 6.59. The third-order valence-electron chi connectivity index (χ3n) is 4.03. The van der Waals surface area contributed by atoms with Gasteiger partial charge in [-0.2, -0.15) is 5.10 Å². The van der Waals surface area contributed by atoms with E-state index in [9.17, 15) is 0 Å². The molecule has 0 aliphatic heterocycles. The van der Waals surface area contributed by atoms with Crippen molar-refractivity contribution < 1.29 is 0 Å². The summed E-state index contributed by atoms with van der Waals surface area (Å²) in [5.41, 5.74) is 2.13. The maximum atomic E-state index is 4.69. The molecule has 2 N–H and O–H groups in total. The molecule has 0 spiro atoms. The van der Waals surface area contributed by atoms with Gasteiger partial charge in [0.1, 0.15) is 0 Å². The molecule has 26 heavy (non-hydrogen) atoms. The average molecular weight is 368 g/mol. The number of benzene rings is 1. The van der Waals surface area contributed by atoms with E-state index in [0.717, 1.165) is 30.3 Å². The molecule has 2 aromatic heterocycles. The Morgan fingerprint density at radius 1 is 1.19 bits per heavy atom. The summed E-state index contributed by atoms with van der Waals surface area (Å²) in [4.78, 5) is 6.08. The van der Waals surface area contributed by atoms with Gasteiger partial charge in [-0.3, -0.25) is 0 Å². The molecule has 1 aromatic carbocycles. The third-order valence-corrected chi connectivity index (χ3v) is 5.13. The van der Waals surface area contributed by atoms with Crippen LogP contribution in [-0.4, -0.2) is 28.8 Å². The van der Waals surface area contributed by atoms with Crippen LogP contribution in [-0.2, 0) is 6.54 Å². The first-order chi connectivity index (χ1) is 12.8. The summed E-state index contributed by atoms with van der Waals surface area (Å²) in [7, 11) is 0. The molecule has 136 valence electrons. The quantitative estimate of drug-likeness (QED) is 0.493. The van der Waals surface area contributed by atoms with Crippen molar-refractivity contribution in [2.45, 2.75) is 26.3 Å². The minimum absolute atomic E-state index is 0.458. The van der Waals surface area contributed by atoms with E-state index < -0.39 is 0 Å². The SMILES string of the molecule is CCNC(=NCc1cnn(-c2ccccc2)c1)NCC(C)c1cccs1. The fourth-order valence-corrected chi connectivity index (χ4v) is 3.38. The zero-order valence-electron chi connectivity index (χ0n) is 15.2. The van der Waals surface area contributed by atoms with E-state index in [0.29, 0.717) is 12.5 Å². The topological polar surface area (TPSA) is 54.2 Å². The highest BCUT2D eigenvalue weighted by Gasteiger charge is 2.07. The van der Waals surface area contributed by atoms with Crippen LogP contribution in [0.1, 0.15) is 30.2 Å². The second-order valence-corrected chi connectivity index (χ2v) is 7.10. The van der Waals surface area contributed by atoms with Crippen LogP contribution in [0.15, 0.2) is 65.2 Å². The predicted molar refractivity (Wildman–Crippen MR) is 109 cm³/mol. The molecule has 3 aromatic rings. The normalized spacial score (nSPS) is 12.8. The minimum Gasteiger partial charge on any atom is -0.357 e. The van der Waals surface area contributed by atoms with Crippen molar-refractivity contribution in [2.75, 3.05) is 13.1 Å². The molecule has 2 heterocycles. The Morgan fingerprint density at radius 2 is 2.04 bits per heavy atom. The van der Waals surface area contributed by atoms with E-state index in [2.05, 4.69) is 52.1 Å². The zero-order chi connectivity index (χ0) is 18.2. The Bertz CT molecular complexity index is 808. The summed E-state index contributed by atoms with van der Waals surface area (Å²) >= 11 is 1.80. The number of guanidine groups is 1. The van der Waals surface area contributed by atoms with Gasteiger partial charge in [0.05, 0.1) is 18.4 Å². The Hall–Kier alpha value is -2.60. The molecule has 0 amide bonds. The molecule has 0 aliphatic rings. The van der Waals surface area contributed by atoms with Gasteiger partial charge in [-0.05, 0) is 30.5 Å². The number of rotatable bonds is 7. The number of hydrogen-bond donors (Lipinski definition) is 2. The number of nitrogens with one attached hydrogen (secondary N) is 2. The highest BCUT2D eigenvalue weighted by atomic mass is 32.1. The standard InChI is InChI=1S/C20H25N5S/c1-3-21-20(22-12-16(2)19-10-7-11-26-19)23-13-17-14-24-25(15-17)18-8-5-4-6-9-18/h4-11,14-16H,3,12-13H2,1-2H3,(H2,21,22,23). The largest absolute Gasteiger partial charge is 0.357 e. The van der Waals surface area contributed by atoms with Gasteiger partial charge in [-0.25, -0.2) is 9.67 Å². The number of para-hydroxylation sites is 1. The van der Waals surface area contributed by atoms with Crippen molar-refractivity contribution in [2.24, 2.45) is 4.99 Å². The van der Waals surface area contributed by atoms with Crippen molar-refractivity contribution in [3.8, 4) is 5.69 Å². The summed E-state index contributed by atoms with van der Waals surface area (Å²) < 4.78 is 1.88. The highest BCUT2D eigenvalue weighted by molar-refractivity contribution is 7.10. The van der Waals surface area contributed by atoms with Crippen LogP contribution in [0, 0.1) is 0 Å². The molecule has 6 heteroatoms. The minimum atomic E-state index is 0.458. The van der Waals surface area contributed by atoms with E-state index in [1.807, 2.05) is 47.4 Å². The lowest BCUT2D eigenvalue weighted by molar-refractivity contribution is 0.709. The van der Waals surface area contributed by atoms with Crippen molar-refractivity contribution in [1.29, 1.82) is 0 Å². The van der Waals surface area contributed by atoms with E-state index >= 15 is 0 Å². The van der Waals surface area contributed by atoms with Crippen molar-refractivity contribution in [3.05, 3.63) is 70.7 Å². The molecule has 5 nitrogen and oxygen atoms in total. The van der Waals surface area contributed by atoms with Crippen molar-refractivity contribution in [3.63, 3.8) is 0 Å². The van der Waals surface area contributed by atoms with Crippen LogP contribution in [0.25, 0.3) is 5.69 Å². The fraction of sp³-hybridized carbons (Fsp3) is 0.300. The maximum absolute atomic E-state index is 4.69. The first-order valence-electron chi connectivity index (χ1n) is 8.91. The molecule has 0 bridgehead atoms. The number of aliphatic imine (C=N–C) groups is 1. The lowest BCUT2D eigenvalue weighted by Gasteiger charge is -2.14. The lowest BCUT2D eigenvalue weighted by Crippen LogP contribution is -2.39. The summed E-state index contributed by atoms with van der Waals surface area (Å²) in [6, 6.07) is 14.4. The number of aromatic nitrogens is 2. The van der Waals surface area contributed by atoms with Gasteiger partial charge in [0.25, 0.3) is 0 Å². The first kappa shape index (κ1) is 18.2. The predicted octanol–water partition coefficient (Wildman–Crippen LogP) is 3.79. The molecule has 0 aliphatic carbocycles. The van der Waals surface area contributed by atoms with Gasteiger partial charge >= 0.3 is 0 Å². The monoisotopic (exact) mass is 367 g/mol. The Labute approximate surface area is 158 Å². The van der Waals surface area contributed by atoms with Crippen LogP contribution in [0.5, 0.6) is 0 Å². The van der Waals surface area contributed by atoms with Crippen LogP contribution in [0.2, 0.25) is 0 Å². The van der Waals surface area contributed by atoms with E-state index in [-0.39, 0.29) is 0 Å². The third kappa shape index (κ3) is 4.95. The zero-order valence-corrected chi connectivity index (χ0v) is 16.0. The molecule has 1 unspecified atom stereocenters. The molecule has 0 saturated carbocycles. The van der Waals surface area contributed by atoms with E-state index in [4.69, 9.17) is 0 Å². The molecule has 0 saturated heterocycles. The number of hydrogen-bond acceptors (Lipinski definition) is 3. The highest BCUT2D eigenvalue weighted by Crippen LogP contribution is 2.19. The second kappa shape index (κ2) is 9.20. The van der Waals surface area contributed by atoms with Gasteiger partial charge in [-0.15, -0.1) is 11.3 Å². The number of nitrogens with zero attached hydrogens (tertiary/aromatic N) is 3. The lowest BCUT2D eigenvalue weighted by atomic mass is 10.1. The molecule has 3 rings (SSSR count). The second-order valence-electron chi connectivity index (χ2n) is 6.12. The molecule has 1 atom stereocenters. The summed E-state index contributed by atoms with van der Waals surface area (Å²) in [5.74, 6) is 1.29. The van der Waals surface area contributed by atoms with Crippen molar-refractivity contribution in [1.82, 2.24) is 20.4 Å². The Kier molecular flexibility index (Phi) is 6.44. The molecular weight excluding hydrogens is 342 g/mol. The maximum Gasteiger partial charge on any atom is 0.191 e. The Balaban J connectivity index is 1.59. The summed E-state index contributed by atoms with van der Waals surface area (Å²) in [6.07, 6.45) is 3.89. The molecular formula is C20H25N5S. The van der Waals surface area contributed by atoms with Crippen molar-refractivity contribution >= 4 is 17.3 Å². The van der Waals surface area contributed by atoms with E-state index in [1.165, 1.54) is 4.88 Å². The summed E-state index contributed by atoms with van der Waals surface area (Å²) in [5, 5.41) is 13.3. The Morgan fingerprint density at radius 3 is 2.77 bits per heavy atom. The fourth-order valence-electron chi connectivity index (χ4n) is 2.60. The van der Waals surface area contributed by atoms with Gasteiger partial charge in [0.15, 0.2) is 5.96 Å². The smallest absolute Gasteiger partial charge is 0.191 e. The van der Waals surface area contributed by atoms with Crippen LogP contribution >= 0.6 is 11.3 Å². The van der Waals surface area contributed by atoms with Gasteiger partial charge < -0.3 is 10.6 Å². The molecule has 0 fully saturated rings. The van der Waals surface area contributed by atoms with Gasteiger partial charge in [-0.1, -0.05) is 31.2 Å². The van der Waals surface area contributed by atoms with E-state index in [1.54, 1.807) is 11.3 Å². The average Bonchev–Trinajstić information content (AvgIpc) is 3.36.